The number of nitrogens with zero attached hydrogens (tertiary/aromatic N) is 2. The van der Waals surface area contributed by atoms with Gasteiger partial charge in [0.15, 0.2) is 0 Å². The number of aromatic nitrogens is 2. The number of carbonyl (C=O) groups excluding carboxylic acids is 1. The highest BCUT2D eigenvalue weighted by Gasteiger charge is 2.19. The summed E-state index contributed by atoms with van der Waals surface area (Å²) in [6, 6.07) is 8.02. The second-order valence-electron chi connectivity index (χ2n) is 6.43. The van der Waals surface area contributed by atoms with Crippen LogP contribution in [-0.2, 0) is 11.2 Å². The second kappa shape index (κ2) is 7.59. The van der Waals surface area contributed by atoms with E-state index in [0.29, 0.717) is 19.0 Å². The Labute approximate surface area is 138 Å². The van der Waals surface area contributed by atoms with Crippen molar-refractivity contribution in [3.8, 4) is 0 Å². The summed E-state index contributed by atoms with van der Waals surface area (Å²) in [6.07, 6.45) is 1.60. The first-order chi connectivity index (χ1) is 11.0. The standard InChI is InChI=1S/C18H28N4O/c1-5-13(4)17(19)18(23)20-11-10-16-21-14-8-6-7-9-15(14)22(16)12(2)3/h6-9,12-13,17H,5,10-11,19H2,1-4H3,(H,20,23). The minimum absolute atomic E-state index is 0.0773. The molecule has 5 heteroatoms. The average molecular weight is 316 g/mol. The molecule has 0 bridgehead atoms. The maximum atomic E-state index is 12.1. The molecule has 23 heavy (non-hydrogen) atoms. The highest BCUT2D eigenvalue weighted by Crippen LogP contribution is 2.21. The molecule has 0 saturated heterocycles. The molecule has 0 aliphatic heterocycles. The Hall–Kier alpha value is -1.88. The number of nitrogens with two attached hydrogens (primary N) is 1. The Morgan fingerprint density at radius 3 is 2.65 bits per heavy atom. The van der Waals surface area contributed by atoms with Crippen LogP contribution in [0.4, 0.5) is 0 Å². The zero-order valence-corrected chi connectivity index (χ0v) is 14.5. The lowest BCUT2D eigenvalue weighted by molar-refractivity contribution is -0.123. The van der Waals surface area contributed by atoms with Crippen LogP contribution in [-0.4, -0.2) is 28.0 Å². The molecule has 0 aliphatic rings. The van der Waals surface area contributed by atoms with Crippen molar-refractivity contribution in [3.05, 3.63) is 30.1 Å². The minimum atomic E-state index is -0.441. The van der Waals surface area contributed by atoms with E-state index in [1.807, 2.05) is 32.0 Å². The van der Waals surface area contributed by atoms with Crippen molar-refractivity contribution in [2.45, 2.75) is 52.6 Å². The number of para-hydroxylation sites is 2. The van der Waals surface area contributed by atoms with Crippen molar-refractivity contribution >= 4 is 16.9 Å². The van der Waals surface area contributed by atoms with Gasteiger partial charge in [-0.25, -0.2) is 4.98 Å². The number of hydrogen-bond acceptors (Lipinski definition) is 3. The Morgan fingerprint density at radius 1 is 1.30 bits per heavy atom. The quantitative estimate of drug-likeness (QED) is 0.825. The van der Waals surface area contributed by atoms with Gasteiger partial charge < -0.3 is 15.6 Å². The third kappa shape index (κ3) is 3.91. The Bertz CT molecular complexity index is 662. The molecule has 2 unspecified atom stereocenters. The van der Waals surface area contributed by atoms with Gasteiger partial charge in [-0.2, -0.15) is 0 Å². The minimum Gasteiger partial charge on any atom is -0.354 e. The Balaban J connectivity index is 2.05. The molecule has 2 aromatic rings. The Kier molecular flexibility index (Phi) is 5.77. The predicted octanol–water partition coefficient (Wildman–Crippen LogP) is 2.65. The topological polar surface area (TPSA) is 72.9 Å². The summed E-state index contributed by atoms with van der Waals surface area (Å²) in [6.45, 7) is 8.90. The molecule has 2 rings (SSSR count). The van der Waals surface area contributed by atoms with E-state index < -0.39 is 6.04 Å². The van der Waals surface area contributed by atoms with E-state index in [0.717, 1.165) is 23.3 Å². The third-order valence-electron chi connectivity index (χ3n) is 4.39. The summed E-state index contributed by atoms with van der Waals surface area (Å²) < 4.78 is 2.23. The number of fused-ring (bicyclic) bond motifs is 1. The van der Waals surface area contributed by atoms with Crippen LogP contribution in [0.25, 0.3) is 11.0 Å². The lowest BCUT2D eigenvalue weighted by Crippen LogP contribution is -2.45. The fraction of sp³-hybridized carbons (Fsp3) is 0.556. The lowest BCUT2D eigenvalue weighted by atomic mass is 9.99. The molecule has 0 fully saturated rings. The molecule has 126 valence electrons. The first-order valence-corrected chi connectivity index (χ1v) is 8.44. The van der Waals surface area contributed by atoms with E-state index in [-0.39, 0.29) is 11.8 Å². The van der Waals surface area contributed by atoms with Crippen LogP contribution in [0.3, 0.4) is 0 Å². The zero-order chi connectivity index (χ0) is 17.0. The van der Waals surface area contributed by atoms with Gasteiger partial charge in [0.2, 0.25) is 5.91 Å². The predicted molar refractivity (Wildman–Crippen MR) is 94.3 cm³/mol. The monoisotopic (exact) mass is 316 g/mol. The van der Waals surface area contributed by atoms with Gasteiger partial charge in [-0.1, -0.05) is 32.4 Å². The van der Waals surface area contributed by atoms with Crippen molar-refractivity contribution in [2.24, 2.45) is 11.7 Å². The van der Waals surface area contributed by atoms with Crippen molar-refractivity contribution in [2.75, 3.05) is 6.54 Å². The summed E-state index contributed by atoms with van der Waals surface area (Å²) in [5, 5.41) is 2.94. The Morgan fingerprint density at radius 2 is 2.00 bits per heavy atom. The van der Waals surface area contributed by atoms with E-state index in [2.05, 4.69) is 29.8 Å². The van der Waals surface area contributed by atoms with E-state index in [4.69, 9.17) is 10.7 Å². The van der Waals surface area contributed by atoms with Crippen LogP contribution in [0.5, 0.6) is 0 Å². The molecule has 1 aromatic carbocycles. The molecule has 1 aromatic heterocycles. The summed E-state index contributed by atoms with van der Waals surface area (Å²) in [5.41, 5.74) is 8.10. The highest BCUT2D eigenvalue weighted by molar-refractivity contribution is 5.81. The molecule has 0 spiro atoms. The molecule has 1 amide bonds. The van der Waals surface area contributed by atoms with Gasteiger partial charge in [0.1, 0.15) is 5.82 Å². The van der Waals surface area contributed by atoms with Crippen LogP contribution >= 0.6 is 0 Å². The number of rotatable bonds is 7. The van der Waals surface area contributed by atoms with Gasteiger partial charge in [-0.05, 0) is 31.9 Å². The van der Waals surface area contributed by atoms with Crippen molar-refractivity contribution in [1.82, 2.24) is 14.9 Å². The maximum Gasteiger partial charge on any atom is 0.237 e. The van der Waals surface area contributed by atoms with E-state index in [1.54, 1.807) is 0 Å². The van der Waals surface area contributed by atoms with Crippen LogP contribution < -0.4 is 11.1 Å². The van der Waals surface area contributed by atoms with E-state index >= 15 is 0 Å². The van der Waals surface area contributed by atoms with Gasteiger partial charge in [-0.3, -0.25) is 4.79 Å². The number of imidazole rings is 1. The summed E-state index contributed by atoms with van der Waals surface area (Å²) in [5.74, 6) is 1.11. The highest BCUT2D eigenvalue weighted by atomic mass is 16.2. The van der Waals surface area contributed by atoms with Crippen LogP contribution in [0.2, 0.25) is 0 Å². The first kappa shape index (κ1) is 17.5. The molecular weight excluding hydrogens is 288 g/mol. The van der Waals surface area contributed by atoms with Crippen molar-refractivity contribution in [3.63, 3.8) is 0 Å². The zero-order valence-electron chi connectivity index (χ0n) is 14.5. The molecule has 1 heterocycles. The summed E-state index contributed by atoms with van der Waals surface area (Å²) in [7, 11) is 0. The van der Waals surface area contributed by atoms with Gasteiger partial charge in [-0.15, -0.1) is 0 Å². The summed E-state index contributed by atoms with van der Waals surface area (Å²) in [4.78, 5) is 16.8. The van der Waals surface area contributed by atoms with Gasteiger partial charge in [0, 0.05) is 19.0 Å². The lowest BCUT2D eigenvalue weighted by Gasteiger charge is -2.18. The van der Waals surface area contributed by atoms with Gasteiger partial charge in [0.25, 0.3) is 0 Å². The number of hydrogen-bond donors (Lipinski definition) is 2. The summed E-state index contributed by atoms with van der Waals surface area (Å²) >= 11 is 0. The maximum absolute atomic E-state index is 12.1. The third-order valence-corrected chi connectivity index (χ3v) is 4.39. The first-order valence-electron chi connectivity index (χ1n) is 8.44. The SMILES string of the molecule is CCC(C)C(N)C(=O)NCCc1nc2ccccc2n1C(C)C. The number of benzene rings is 1. The average Bonchev–Trinajstić information content (AvgIpc) is 2.91. The van der Waals surface area contributed by atoms with Gasteiger partial charge in [0.05, 0.1) is 17.1 Å². The van der Waals surface area contributed by atoms with E-state index in [9.17, 15) is 4.79 Å². The van der Waals surface area contributed by atoms with Crippen molar-refractivity contribution in [1.29, 1.82) is 0 Å². The molecule has 2 atom stereocenters. The molecule has 5 nitrogen and oxygen atoms in total. The van der Waals surface area contributed by atoms with Crippen LogP contribution in [0.15, 0.2) is 24.3 Å². The van der Waals surface area contributed by atoms with E-state index in [1.165, 1.54) is 0 Å². The van der Waals surface area contributed by atoms with Crippen LogP contribution in [0, 0.1) is 5.92 Å². The molecule has 3 N–H and O–H groups in total. The fourth-order valence-corrected chi connectivity index (χ4v) is 2.77. The number of carbonyl (C=O) groups is 1. The smallest absolute Gasteiger partial charge is 0.237 e. The fourth-order valence-electron chi connectivity index (χ4n) is 2.77. The number of nitrogens with one attached hydrogen (secondary N) is 1. The molecule has 0 saturated carbocycles. The molecular formula is C18H28N4O. The molecule has 0 radical (unpaired) electrons. The van der Waals surface area contributed by atoms with Crippen LogP contribution in [0.1, 0.15) is 46.0 Å². The normalized spacial score (nSPS) is 14.2. The van der Waals surface area contributed by atoms with Crippen molar-refractivity contribution < 1.29 is 4.79 Å². The molecule has 0 aliphatic carbocycles. The number of amides is 1. The van der Waals surface area contributed by atoms with Gasteiger partial charge >= 0.3 is 0 Å². The largest absolute Gasteiger partial charge is 0.354 e. The second-order valence-corrected chi connectivity index (χ2v) is 6.43.